The van der Waals surface area contributed by atoms with Crippen molar-refractivity contribution >= 4 is 17.4 Å². The molecular formula is C12H15ClO. The SMILES string of the molecule is CC(=O)C(c1ccccc1Cl)C(C)C. The second kappa shape index (κ2) is 4.61. The Kier molecular flexibility index (Phi) is 3.70. The molecule has 0 aliphatic carbocycles. The maximum absolute atomic E-state index is 11.5. The molecule has 0 aliphatic rings. The summed E-state index contributed by atoms with van der Waals surface area (Å²) in [5.74, 6) is 0.379. The van der Waals surface area contributed by atoms with E-state index in [2.05, 4.69) is 0 Å². The third kappa shape index (κ3) is 2.36. The Morgan fingerprint density at radius 3 is 2.29 bits per heavy atom. The lowest BCUT2D eigenvalue weighted by atomic mass is 9.85. The normalized spacial score (nSPS) is 12.9. The van der Waals surface area contributed by atoms with Gasteiger partial charge in [-0.2, -0.15) is 0 Å². The summed E-state index contributed by atoms with van der Waals surface area (Å²) in [6, 6.07) is 7.55. The Morgan fingerprint density at radius 2 is 1.86 bits per heavy atom. The van der Waals surface area contributed by atoms with Gasteiger partial charge in [-0.15, -0.1) is 0 Å². The summed E-state index contributed by atoms with van der Waals surface area (Å²) in [6.07, 6.45) is 0. The summed E-state index contributed by atoms with van der Waals surface area (Å²) >= 11 is 6.05. The van der Waals surface area contributed by atoms with Crippen molar-refractivity contribution in [2.45, 2.75) is 26.7 Å². The molecule has 76 valence electrons. The number of halogens is 1. The lowest BCUT2D eigenvalue weighted by Crippen LogP contribution is -2.15. The Bertz CT molecular complexity index is 331. The van der Waals surface area contributed by atoms with Gasteiger partial charge in [-0.25, -0.2) is 0 Å². The van der Waals surface area contributed by atoms with Crippen LogP contribution < -0.4 is 0 Å². The van der Waals surface area contributed by atoms with Gasteiger partial charge in [0.2, 0.25) is 0 Å². The maximum atomic E-state index is 11.5. The van der Waals surface area contributed by atoms with E-state index in [0.717, 1.165) is 5.56 Å². The molecule has 0 bridgehead atoms. The Hall–Kier alpha value is -0.820. The minimum Gasteiger partial charge on any atom is -0.299 e. The van der Waals surface area contributed by atoms with Gasteiger partial charge in [0, 0.05) is 10.9 Å². The highest BCUT2D eigenvalue weighted by atomic mass is 35.5. The van der Waals surface area contributed by atoms with Gasteiger partial charge in [-0.1, -0.05) is 43.6 Å². The van der Waals surface area contributed by atoms with Gasteiger partial charge < -0.3 is 0 Å². The number of benzene rings is 1. The smallest absolute Gasteiger partial charge is 0.137 e. The number of rotatable bonds is 3. The first kappa shape index (κ1) is 11.3. The number of ketones is 1. The van der Waals surface area contributed by atoms with Crippen molar-refractivity contribution in [2.24, 2.45) is 5.92 Å². The van der Waals surface area contributed by atoms with Gasteiger partial charge in [0.15, 0.2) is 0 Å². The first-order valence-electron chi connectivity index (χ1n) is 4.79. The number of hydrogen-bond donors (Lipinski definition) is 0. The topological polar surface area (TPSA) is 17.1 Å². The zero-order valence-corrected chi connectivity index (χ0v) is 9.51. The average molecular weight is 211 g/mol. The van der Waals surface area contributed by atoms with Crippen LogP contribution in [0.2, 0.25) is 5.02 Å². The summed E-state index contributed by atoms with van der Waals surface area (Å²) in [5.41, 5.74) is 0.941. The van der Waals surface area contributed by atoms with Crippen molar-refractivity contribution in [3.05, 3.63) is 34.9 Å². The lowest BCUT2D eigenvalue weighted by molar-refractivity contribution is -0.119. The largest absolute Gasteiger partial charge is 0.299 e. The third-order valence-electron chi connectivity index (χ3n) is 2.34. The monoisotopic (exact) mass is 210 g/mol. The molecule has 1 aromatic carbocycles. The molecule has 0 saturated carbocycles. The Morgan fingerprint density at radius 1 is 1.29 bits per heavy atom. The highest BCUT2D eigenvalue weighted by Crippen LogP contribution is 2.30. The van der Waals surface area contributed by atoms with Crippen LogP contribution in [0.4, 0.5) is 0 Å². The molecule has 0 heterocycles. The standard InChI is InChI=1S/C12H15ClO/c1-8(2)12(9(3)14)10-6-4-5-7-11(10)13/h4-8,12H,1-3H3. The van der Waals surface area contributed by atoms with Gasteiger partial charge in [0.1, 0.15) is 5.78 Å². The molecule has 1 nitrogen and oxygen atoms in total. The Balaban J connectivity index is 3.12. The van der Waals surface area contributed by atoms with Gasteiger partial charge in [0.05, 0.1) is 0 Å². The quantitative estimate of drug-likeness (QED) is 0.744. The molecule has 1 atom stereocenters. The van der Waals surface area contributed by atoms with E-state index in [0.29, 0.717) is 5.02 Å². The molecule has 0 fully saturated rings. The highest BCUT2D eigenvalue weighted by molar-refractivity contribution is 6.31. The predicted molar refractivity (Wildman–Crippen MR) is 59.7 cm³/mol. The fourth-order valence-corrected chi connectivity index (χ4v) is 2.03. The van der Waals surface area contributed by atoms with Crippen LogP contribution in [0.25, 0.3) is 0 Å². The van der Waals surface area contributed by atoms with Crippen molar-refractivity contribution in [1.82, 2.24) is 0 Å². The number of hydrogen-bond acceptors (Lipinski definition) is 1. The maximum Gasteiger partial charge on any atom is 0.137 e. The molecule has 2 heteroatoms. The summed E-state index contributed by atoms with van der Waals surface area (Å²) in [4.78, 5) is 11.5. The molecule has 0 N–H and O–H groups in total. The Labute approximate surface area is 90.1 Å². The summed E-state index contributed by atoms with van der Waals surface area (Å²) < 4.78 is 0. The first-order chi connectivity index (χ1) is 6.54. The van der Waals surface area contributed by atoms with Crippen LogP contribution in [-0.2, 0) is 4.79 Å². The first-order valence-corrected chi connectivity index (χ1v) is 5.16. The molecule has 0 radical (unpaired) electrons. The van der Waals surface area contributed by atoms with E-state index in [1.54, 1.807) is 6.92 Å². The highest BCUT2D eigenvalue weighted by Gasteiger charge is 2.22. The molecule has 0 spiro atoms. The van der Waals surface area contributed by atoms with E-state index in [4.69, 9.17) is 11.6 Å². The van der Waals surface area contributed by atoms with Crippen LogP contribution in [0, 0.1) is 5.92 Å². The van der Waals surface area contributed by atoms with Gasteiger partial charge in [-0.3, -0.25) is 4.79 Å². The van der Waals surface area contributed by atoms with Crippen LogP contribution in [0.5, 0.6) is 0 Å². The van der Waals surface area contributed by atoms with Gasteiger partial charge in [0.25, 0.3) is 0 Å². The minimum absolute atomic E-state index is 0.0799. The van der Waals surface area contributed by atoms with Crippen molar-refractivity contribution in [1.29, 1.82) is 0 Å². The molecule has 0 aliphatic heterocycles. The van der Waals surface area contributed by atoms with E-state index in [1.165, 1.54) is 0 Å². The molecular weight excluding hydrogens is 196 g/mol. The van der Waals surface area contributed by atoms with Crippen molar-refractivity contribution < 1.29 is 4.79 Å². The molecule has 14 heavy (non-hydrogen) atoms. The van der Waals surface area contributed by atoms with Crippen molar-refractivity contribution in [3.63, 3.8) is 0 Å². The fraction of sp³-hybridized carbons (Fsp3) is 0.417. The van der Waals surface area contributed by atoms with E-state index in [1.807, 2.05) is 38.1 Å². The van der Waals surface area contributed by atoms with Crippen LogP contribution in [-0.4, -0.2) is 5.78 Å². The van der Waals surface area contributed by atoms with Crippen LogP contribution >= 0.6 is 11.6 Å². The molecule has 0 amide bonds. The van der Waals surface area contributed by atoms with Crippen molar-refractivity contribution in [3.8, 4) is 0 Å². The van der Waals surface area contributed by atoms with Crippen LogP contribution in [0.15, 0.2) is 24.3 Å². The van der Waals surface area contributed by atoms with E-state index in [-0.39, 0.29) is 17.6 Å². The van der Waals surface area contributed by atoms with Crippen molar-refractivity contribution in [2.75, 3.05) is 0 Å². The zero-order valence-electron chi connectivity index (χ0n) is 8.75. The van der Waals surface area contributed by atoms with Crippen LogP contribution in [0.3, 0.4) is 0 Å². The fourth-order valence-electron chi connectivity index (χ4n) is 1.77. The average Bonchev–Trinajstić information content (AvgIpc) is 2.07. The lowest BCUT2D eigenvalue weighted by Gasteiger charge is -2.19. The van der Waals surface area contributed by atoms with E-state index < -0.39 is 0 Å². The third-order valence-corrected chi connectivity index (χ3v) is 2.69. The van der Waals surface area contributed by atoms with Crippen LogP contribution in [0.1, 0.15) is 32.3 Å². The summed E-state index contributed by atoms with van der Waals surface area (Å²) in [5, 5.41) is 0.682. The molecule has 1 rings (SSSR count). The second-order valence-corrected chi connectivity index (χ2v) is 4.26. The van der Waals surface area contributed by atoms with Gasteiger partial charge in [-0.05, 0) is 24.5 Å². The predicted octanol–water partition coefficient (Wildman–Crippen LogP) is 3.67. The minimum atomic E-state index is -0.0799. The van der Waals surface area contributed by atoms with Gasteiger partial charge >= 0.3 is 0 Å². The number of Topliss-reactive ketones (excluding diaryl/α,β-unsaturated/α-hetero) is 1. The number of carbonyl (C=O) groups is 1. The summed E-state index contributed by atoms with van der Waals surface area (Å²) in [6.45, 7) is 5.69. The molecule has 1 aromatic rings. The summed E-state index contributed by atoms with van der Waals surface area (Å²) in [7, 11) is 0. The van der Waals surface area contributed by atoms with E-state index >= 15 is 0 Å². The second-order valence-electron chi connectivity index (χ2n) is 3.85. The number of carbonyl (C=O) groups excluding carboxylic acids is 1. The molecule has 1 unspecified atom stereocenters. The molecule has 0 saturated heterocycles. The molecule has 0 aromatic heterocycles. The van der Waals surface area contributed by atoms with E-state index in [9.17, 15) is 4.79 Å². The zero-order chi connectivity index (χ0) is 10.7.